The molecule has 20 heavy (non-hydrogen) atoms. The first kappa shape index (κ1) is 17.5. The van der Waals surface area contributed by atoms with Crippen LogP contribution >= 0.6 is 15.9 Å². The maximum atomic E-state index is 6.03. The lowest BCUT2D eigenvalue weighted by Crippen LogP contribution is -2.20. The van der Waals surface area contributed by atoms with Gasteiger partial charge in [-0.25, -0.2) is 0 Å². The predicted octanol–water partition coefficient (Wildman–Crippen LogP) is 5.32. The molecule has 0 heterocycles. The fourth-order valence-corrected chi connectivity index (χ4v) is 2.27. The summed E-state index contributed by atoms with van der Waals surface area (Å²) in [5.74, 6) is 0.986. The van der Waals surface area contributed by atoms with E-state index in [4.69, 9.17) is 4.74 Å². The Balaban J connectivity index is 2.74. The van der Waals surface area contributed by atoms with Crippen molar-refractivity contribution in [3.05, 3.63) is 28.2 Å². The van der Waals surface area contributed by atoms with Gasteiger partial charge in [0.1, 0.15) is 5.75 Å². The van der Waals surface area contributed by atoms with Crippen molar-refractivity contribution in [1.29, 1.82) is 0 Å². The minimum atomic E-state index is 0.304. The summed E-state index contributed by atoms with van der Waals surface area (Å²) in [4.78, 5) is 0. The van der Waals surface area contributed by atoms with Crippen LogP contribution < -0.4 is 10.1 Å². The molecule has 0 spiro atoms. The molecular weight excluding hydrogens is 314 g/mol. The Hall–Kier alpha value is -0.540. The zero-order valence-electron chi connectivity index (χ0n) is 13.4. The molecule has 0 aliphatic heterocycles. The normalized spacial score (nSPS) is 13.3. The topological polar surface area (TPSA) is 21.3 Å². The molecule has 1 atom stereocenters. The predicted molar refractivity (Wildman–Crippen MR) is 90.4 cm³/mol. The highest BCUT2D eigenvalue weighted by Gasteiger charge is 2.14. The lowest BCUT2D eigenvalue weighted by Gasteiger charge is -2.21. The Kier molecular flexibility index (Phi) is 7.04. The zero-order valence-corrected chi connectivity index (χ0v) is 15.0. The summed E-state index contributed by atoms with van der Waals surface area (Å²) in [5, 5.41) is 3.52. The van der Waals surface area contributed by atoms with Crippen LogP contribution in [0.5, 0.6) is 5.75 Å². The van der Waals surface area contributed by atoms with Crippen molar-refractivity contribution in [2.75, 3.05) is 13.2 Å². The molecule has 2 nitrogen and oxygen atoms in total. The molecule has 1 unspecified atom stereocenters. The number of ether oxygens (including phenoxy) is 1. The third-order valence-corrected chi connectivity index (χ3v) is 3.75. The highest BCUT2D eigenvalue weighted by molar-refractivity contribution is 9.10. The fraction of sp³-hybridized carbons (Fsp3) is 0.647. The van der Waals surface area contributed by atoms with E-state index in [2.05, 4.69) is 74.1 Å². The van der Waals surface area contributed by atoms with Crippen LogP contribution in [0.1, 0.15) is 59.1 Å². The Labute approximate surface area is 132 Å². The van der Waals surface area contributed by atoms with Gasteiger partial charge in [0.15, 0.2) is 0 Å². The number of rotatable bonds is 7. The van der Waals surface area contributed by atoms with Gasteiger partial charge < -0.3 is 10.1 Å². The van der Waals surface area contributed by atoms with Gasteiger partial charge in [-0.2, -0.15) is 0 Å². The van der Waals surface area contributed by atoms with E-state index in [1.54, 1.807) is 0 Å². The van der Waals surface area contributed by atoms with Gasteiger partial charge in [-0.05, 0) is 43.9 Å². The summed E-state index contributed by atoms with van der Waals surface area (Å²) < 4.78 is 7.09. The molecule has 1 N–H and O–H groups in total. The highest BCUT2D eigenvalue weighted by Crippen LogP contribution is 2.29. The van der Waals surface area contributed by atoms with Gasteiger partial charge in [0.2, 0.25) is 0 Å². The molecule has 114 valence electrons. The third-order valence-electron chi connectivity index (χ3n) is 3.25. The monoisotopic (exact) mass is 341 g/mol. The van der Waals surface area contributed by atoms with Gasteiger partial charge in [-0.15, -0.1) is 0 Å². The van der Waals surface area contributed by atoms with Crippen molar-refractivity contribution in [2.45, 2.75) is 53.5 Å². The molecule has 0 saturated heterocycles. The van der Waals surface area contributed by atoms with E-state index in [9.17, 15) is 0 Å². The molecule has 0 aromatic heterocycles. The first-order valence-electron chi connectivity index (χ1n) is 7.49. The quantitative estimate of drug-likeness (QED) is 0.724. The molecule has 0 aliphatic rings. The van der Waals surface area contributed by atoms with Crippen molar-refractivity contribution < 1.29 is 4.74 Å². The van der Waals surface area contributed by atoms with E-state index in [-0.39, 0.29) is 0 Å². The van der Waals surface area contributed by atoms with Crippen molar-refractivity contribution in [3.63, 3.8) is 0 Å². The van der Waals surface area contributed by atoms with Crippen LogP contribution in [0.15, 0.2) is 22.7 Å². The number of nitrogens with one attached hydrogen (secondary N) is 1. The molecule has 0 fully saturated rings. The molecule has 1 aromatic rings. The summed E-state index contributed by atoms with van der Waals surface area (Å²) in [5.41, 5.74) is 1.54. The van der Waals surface area contributed by atoms with Crippen LogP contribution in [-0.2, 0) is 0 Å². The van der Waals surface area contributed by atoms with Crippen LogP contribution in [-0.4, -0.2) is 13.2 Å². The smallest absolute Gasteiger partial charge is 0.125 e. The standard InChI is InChI=1S/C17H28BrNO/c1-6-10-19-13(2)15-8-7-14(18)12-16(15)20-11-9-17(3,4)5/h7-8,12-13,19H,6,9-11H2,1-5H3. The Morgan fingerprint density at radius 3 is 2.60 bits per heavy atom. The minimum Gasteiger partial charge on any atom is -0.493 e. The Morgan fingerprint density at radius 2 is 2.00 bits per heavy atom. The van der Waals surface area contributed by atoms with Crippen molar-refractivity contribution in [2.24, 2.45) is 5.41 Å². The van der Waals surface area contributed by atoms with Crippen LogP contribution in [0.4, 0.5) is 0 Å². The van der Waals surface area contributed by atoms with E-state index >= 15 is 0 Å². The second-order valence-corrected chi connectivity index (χ2v) is 7.43. The zero-order chi connectivity index (χ0) is 15.2. The molecule has 0 aliphatic carbocycles. The van der Waals surface area contributed by atoms with Crippen LogP contribution in [0.2, 0.25) is 0 Å². The van der Waals surface area contributed by atoms with Crippen molar-refractivity contribution in [3.8, 4) is 5.75 Å². The SMILES string of the molecule is CCCNC(C)c1ccc(Br)cc1OCCC(C)(C)C. The second kappa shape index (κ2) is 8.04. The van der Waals surface area contributed by atoms with Crippen LogP contribution in [0, 0.1) is 5.41 Å². The Bertz CT molecular complexity index is 412. The molecule has 0 bridgehead atoms. The highest BCUT2D eigenvalue weighted by atomic mass is 79.9. The van der Waals surface area contributed by atoms with Crippen molar-refractivity contribution in [1.82, 2.24) is 5.32 Å². The molecule has 1 rings (SSSR count). The van der Waals surface area contributed by atoms with E-state index in [1.165, 1.54) is 5.56 Å². The summed E-state index contributed by atoms with van der Waals surface area (Å²) in [6, 6.07) is 6.61. The number of hydrogen-bond donors (Lipinski definition) is 1. The van der Waals surface area contributed by atoms with Gasteiger partial charge >= 0.3 is 0 Å². The van der Waals surface area contributed by atoms with Gasteiger partial charge in [0.05, 0.1) is 6.61 Å². The molecule has 0 saturated carbocycles. The lowest BCUT2D eigenvalue weighted by molar-refractivity contribution is 0.240. The largest absolute Gasteiger partial charge is 0.493 e. The molecule has 1 aromatic carbocycles. The second-order valence-electron chi connectivity index (χ2n) is 6.52. The number of hydrogen-bond acceptors (Lipinski definition) is 2. The number of halogens is 1. The average Bonchev–Trinajstić information content (AvgIpc) is 2.34. The summed E-state index contributed by atoms with van der Waals surface area (Å²) >= 11 is 3.53. The summed E-state index contributed by atoms with van der Waals surface area (Å²) in [6.07, 6.45) is 2.19. The number of benzene rings is 1. The van der Waals surface area contributed by atoms with Crippen molar-refractivity contribution >= 4 is 15.9 Å². The van der Waals surface area contributed by atoms with E-state index in [1.807, 2.05) is 0 Å². The summed E-state index contributed by atoms with van der Waals surface area (Å²) in [7, 11) is 0. The first-order chi connectivity index (χ1) is 9.33. The Morgan fingerprint density at radius 1 is 1.30 bits per heavy atom. The maximum absolute atomic E-state index is 6.03. The molecule has 3 heteroatoms. The third kappa shape index (κ3) is 6.27. The van der Waals surface area contributed by atoms with E-state index in [0.29, 0.717) is 11.5 Å². The van der Waals surface area contributed by atoms with Gasteiger partial charge in [0.25, 0.3) is 0 Å². The van der Waals surface area contributed by atoms with E-state index < -0.39 is 0 Å². The average molecular weight is 342 g/mol. The van der Waals surface area contributed by atoms with Gasteiger partial charge in [-0.3, -0.25) is 0 Å². The lowest BCUT2D eigenvalue weighted by atomic mass is 9.93. The summed E-state index contributed by atoms with van der Waals surface area (Å²) in [6.45, 7) is 12.9. The first-order valence-corrected chi connectivity index (χ1v) is 8.28. The molecular formula is C17H28BrNO. The van der Waals surface area contributed by atoms with Crippen LogP contribution in [0.25, 0.3) is 0 Å². The van der Waals surface area contributed by atoms with Gasteiger partial charge in [-0.1, -0.05) is 49.7 Å². The van der Waals surface area contributed by atoms with Crippen LogP contribution in [0.3, 0.4) is 0 Å². The molecule has 0 radical (unpaired) electrons. The maximum Gasteiger partial charge on any atom is 0.125 e. The fourth-order valence-electron chi connectivity index (χ4n) is 1.93. The van der Waals surface area contributed by atoms with E-state index in [0.717, 1.165) is 36.2 Å². The molecule has 0 amide bonds. The van der Waals surface area contributed by atoms with Gasteiger partial charge in [0, 0.05) is 16.1 Å². The minimum absolute atomic E-state index is 0.304.